The predicted octanol–water partition coefficient (Wildman–Crippen LogP) is 6.47. The first-order valence-corrected chi connectivity index (χ1v) is 9.79. The van der Waals surface area contributed by atoms with E-state index in [0.29, 0.717) is 10.0 Å². The van der Waals surface area contributed by atoms with E-state index in [1.165, 1.54) is 24.3 Å². The van der Waals surface area contributed by atoms with Gasteiger partial charge in [-0.15, -0.1) is 0 Å². The van der Waals surface area contributed by atoms with E-state index in [2.05, 4.69) is 15.9 Å². The van der Waals surface area contributed by atoms with Crippen molar-refractivity contribution in [3.63, 3.8) is 0 Å². The van der Waals surface area contributed by atoms with Crippen molar-refractivity contribution in [3.05, 3.63) is 92.7 Å². The molecule has 0 unspecified atom stereocenters. The summed E-state index contributed by atoms with van der Waals surface area (Å²) in [7, 11) is 0. The molecule has 0 aliphatic rings. The molecule has 5 nitrogen and oxygen atoms in total. The van der Waals surface area contributed by atoms with Crippen LogP contribution in [0.25, 0.3) is 0 Å². The van der Waals surface area contributed by atoms with Crippen LogP contribution < -0.4 is 4.74 Å². The first-order chi connectivity index (χ1) is 14.4. The van der Waals surface area contributed by atoms with Crippen molar-refractivity contribution >= 4 is 39.3 Å². The second kappa shape index (κ2) is 9.53. The summed E-state index contributed by atoms with van der Waals surface area (Å²) >= 11 is 9.22. The van der Waals surface area contributed by atoms with E-state index in [4.69, 9.17) is 37.2 Å². The van der Waals surface area contributed by atoms with Gasteiger partial charge in [-0.2, -0.15) is 5.26 Å². The Kier molecular flexibility index (Phi) is 6.83. The van der Waals surface area contributed by atoms with Gasteiger partial charge in [0, 0.05) is 16.1 Å². The van der Waals surface area contributed by atoms with Crippen LogP contribution in [0.4, 0.5) is 4.39 Å². The molecule has 3 aromatic carbocycles. The third-order valence-corrected chi connectivity index (χ3v) is 4.80. The molecule has 0 aliphatic carbocycles. The molecule has 2 N–H and O–H groups in total. The summed E-state index contributed by atoms with van der Waals surface area (Å²) in [5, 5.41) is 25.3. The average Bonchev–Trinajstić information content (AvgIpc) is 2.73. The number of hydrogen-bond donors (Lipinski definition) is 2. The first kappa shape index (κ1) is 21.5. The smallest absolute Gasteiger partial charge is 0.220 e. The second-order valence-electron chi connectivity index (χ2n) is 6.14. The van der Waals surface area contributed by atoms with Crippen LogP contribution in [0.15, 0.2) is 65.1 Å². The molecule has 0 saturated heterocycles. The lowest BCUT2D eigenvalue weighted by molar-refractivity contribution is 0.435. The fraction of sp³-hybridized carbons (Fsp3) is 0.0455. The largest absolute Gasteiger partial charge is 0.453 e. The summed E-state index contributed by atoms with van der Waals surface area (Å²) in [6.45, 7) is 0. The van der Waals surface area contributed by atoms with Crippen LogP contribution in [0.1, 0.15) is 16.7 Å². The van der Waals surface area contributed by atoms with Crippen LogP contribution in [0, 0.1) is 28.0 Å². The predicted molar refractivity (Wildman–Crippen MR) is 116 cm³/mol. The highest BCUT2D eigenvalue weighted by molar-refractivity contribution is 9.10. The van der Waals surface area contributed by atoms with Crippen molar-refractivity contribution in [1.29, 1.82) is 16.1 Å². The third kappa shape index (κ3) is 5.23. The lowest BCUT2D eigenvalue weighted by atomic mass is 10.1. The molecule has 0 amide bonds. The molecule has 0 aromatic heterocycles. The highest BCUT2D eigenvalue weighted by Gasteiger charge is 2.18. The van der Waals surface area contributed by atoms with Gasteiger partial charge in [0.15, 0.2) is 17.5 Å². The summed E-state index contributed by atoms with van der Waals surface area (Å²) < 4.78 is 26.3. The van der Waals surface area contributed by atoms with Crippen molar-refractivity contribution in [3.8, 4) is 17.6 Å². The molecule has 0 aliphatic heterocycles. The van der Waals surface area contributed by atoms with Crippen LogP contribution in [0.5, 0.6) is 11.5 Å². The fourth-order valence-electron chi connectivity index (χ4n) is 2.59. The number of nitriles is 1. The molecule has 0 spiro atoms. The van der Waals surface area contributed by atoms with Crippen LogP contribution in [0.3, 0.4) is 0 Å². The fourth-order valence-corrected chi connectivity index (χ4v) is 3.20. The molecule has 150 valence electrons. The van der Waals surface area contributed by atoms with Crippen molar-refractivity contribution in [2.24, 2.45) is 0 Å². The van der Waals surface area contributed by atoms with Crippen molar-refractivity contribution in [1.82, 2.24) is 0 Å². The Labute approximate surface area is 185 Å². The number of ether oxygens (including phenoxy) is 2. The van der Waals surface area contributed by atoms with E-state index in [9.17, 15) is 0 Å². The lowest BCUT2D eigenvalue weighted by Crippen LogP contribution is -2.15. The molecule has 3 aromatic rings. The molecule has 0 atom stereocenters. The van der Waals surface area contributed by atoms with E-state index in [1.54, 1.807) is 36.4 Å². The minimum Gasteiger partial charge on any atom is -0.453 e. The van der Waals surface area contributed by atoms with Gasteiger partial charge in [0.2, 0.25) is 5.90 Å². The zero-order valence-electron chi connectivity index (χ0n) is 15.4. The van der Waals surface area contributed by atoms with E-state index in [0.717, 1.165) is 0 Å². The van der Waals surface area contributed by atoms with E-state index in [-0.39, 0.29) is 45.9 Å². The van der Waals surface area contributed by atoms with Crippen LogP contribution in [0.2, 0.25) is 5.02 Å². The van der Waals surface area contributed by atoms with Crippen LogP contribution in [-0.4, -0.2) is 11.8 Å². The summed E-state index contributed by atoms with van der Waals surface area (Å²) in [6, 6.07) is 18.1. The Morgan fingerprint density at radius 3 is 2.53 bits per heavy atom. The molecule has 0 saturated carbocycles. The molecular weight excluding hydrogens is 473 g/mol. The van der Waals surface area contributed by atoms with Crippen molar-refractivity contribution in [2.45, 2.75) is 6.42 Å². The maximum absolute atomic E-state index is 15.1. The van der Waals surface area contributed by atoms with Gasteiger partial charge in [-0.25, -0.2) is 4.39 Å². The van der Waals surface area contributed by atoms with Gasteiger partial charge in [-0.3, -0.25) is 10.8 Å². The molecule has 0 radical (unpaired) electrons. The highest BCUT2D eigenvalue weighted by atomic mass is 79.9. The zero-order chi connectivity index (χ0) is 21.7. The number of nitrogens with zero attached hydrogens (tertiary/aromatic N) is 1. The number of halogens is 3. The van der Waals surface area contributed by atoms with Gasteiger partial charge in [-0.1, -0.05) is 35.9 Å². The van der Waals surface area contributed by atoms with Gasteiger partial charge in [0.05, 0.1) is 22.5 Å². The third-order valence-electron chi connectivity index (χ3n) is 3.96. The lowest BCUT2D eigenvalue weighted by Gasteiger charge is -2.13. The Morgan fingerprint density at radius 2 is 1.83 bits per heavy atom. The molecule has 0 bridgehead atoms. The Morgan fingerprint density at radius 1 is 1.10 bits per heavy atom. The van der Waals surface area contributed by atoms with Crippen molar-refractivity contribution in [2.75, 3.05) is 0 Å². The van der Waals surface area contributed by atoms with Crippen molar-refractivity contribution < 1.29 is 13.9 Å². The normalized spacial score (nSPS) is 10.2. The summed E-state index contributed by atoms with van der Waals surface area (Å²) in [5.41, 5.74) is 0.943. The zero-order valence-corrected chi connectivity index (χ0v) is 17.7. The molecular formula is C22H14BrClFN3O2. The molecule has 0 fully saturated rings. The van der Waals surface area contributed by atoms with Crippen LogP contribution in [-0.2, 0) is 11.2 Å². The van der Waals surface area contributed by atoms with Gasteiger partial charge in [-0.05, 0) is 52.3 Å². The molecule has 0 heterocycles. The van der Waals surface area contributed by atoms with E-state index in [1.807, 2.05) is 6.07 Å². The van der Waals surface area contributed by atoms with E-state index >= 15 is 4.39 Å². The molecule has 3 rings (SSSR count). The minimum absolute atomic E-state index is 0.107. The second-order valence-corrected chi connectivity index (χ2v) is 7.43. The first-order valence-electron chi connectivity index (χ1n) is 8.62. The molecule has 8 heteroatoms. The average molecular weight is 487 g/mol. The van der Waals surface area contributed by atoms with Gasteiger partial charge < -0.3 is 9.47 Å². The Hall–Kier alpha value is -3.21. The maximum atomic E-state index is 15.1. The Balaban J connectivity index is 1.79. The van der Waals surface area contributed by atoms with Gasteiger partial charge >= 0.3 is 0 Å². The highest BCUT2D eigenvalue weighted by Crippen LogP contribution is 2.35. The quantitative estimate of drug-likeness (QED) is 0.320. The SMILES string of the molecule is N#Cc1cc(Cl)cc(Oc2c(Br)ccc(CC(=N)OC(=N)c3ccccc3)c2F)c1. The van der Waals surface area contributed by atoms with Crippen LogP contribution >= 0.6 is 27.5 Å². The summed E-state index contributed by atoms with van der Waals surface area (Å²) in [6.07, 6.45) is -0.177. The summed E-state index contributed by atoms with van der Waals surface area (Å²) in [4.78, 5) is 0. The number of hydrogen-bond acceptors (Lipinski definition) is 5. The minimum atomic E-state index is -0.692. The number of rotatable bonds is 5. The monoisotopic (exact) mass is 485 g/mol. The Bertz CT molecular complexity index is 1160. The van der Waals surface area contributed by atoms with E-state index < -0.39 is 5.82 Å². The maximum Gasteiger partial charge on any atom is 0.220 e. The van der Waals surface area contributed by atoms with Gasteiger partial charge in [0.25, 0.3) is 0 Å². The van der Waals surface area contributed by atoms with Gasteiger partial charge in [0.1, 0.15) is 5.75 Å². The number of nitrogens with one attached hydrogen (secondary N) is 2. The summed E-state index contributed by atoms with van der Waals surface area (Å²) in [5.74, 6) is -1.08. The standard InChI is InChI=1S/C22H14BrClFN3O2/c23-18-7-6-15(10-19(27)30-22(28)14-4-2-1-3-5-14)20(25)21(18)29-17-9-13(12-26)8-16(24)11-17/h1-9,11,27-28H,10H2. The molecule has 30 heavy (non-hydrogen) atoms. The number of benzene rings is 3. The topological polar surface area (TPSA) is 89.9 Å².